The first-order valence-corrected chi connectivity index (χ1v) is 24.1. The lowest BCUT2D eigenvalue weighted by atomic mass is 10.1. The number of nitrogens with zero attached hydrogens (tertiary/aromatic N) is 4. The van der Waals surface area contributed by atoms with Crippen LogP contribution in [-0.2, 0) is 80.9 Å². The van der Waals surface area contributed by atoms with Gasteiger partial charge in [-0.1, -0.05) is 6.92 Å². The highest BCUT2D eigenvalue weighted by molar-refractivity contribution is 7.93. The molecule has 0 saturated heterocycles. The van der Waals surface area contributed by atoms with Crippen molar-refractivity contribution in [3.8, 4) is 0 Å². The highest BCUT2D eigenvalue weighted by atomic mass is 32.2. The Morgan fingerprint density at radius 2 is 1.20 bits per heavy atom. The zero-order valence-corrected chi connectivity index (χ0v) is 41.7. The largest absolute Gasteiger partial charge is 0.465 e. The molecule has 71 heavy (non-hydrogen) atoms. The van der Waals surface area contributed by atoms with Crippen LogP contribution in [0.25, 0.3) is 6.08 Å². The Kier molecular flexibility index (Phi) is 38.0. The molecule has 1 aromatic heterocycles. The molecule has 3 rings (SSSR count). The molecule has 0 spiro atoms. The van der Waals surface area contributed by atoms with Gasteiger partial charge in [0.15, 0.2) is 0 Å². The second-order valence-electron chi connectivity index (χ2n) is 14.5. The molecule has 0 saturated carbocycles. The van der Waals surface area contributed by atoms with Crippen LogP contribution in [0.15, 0.2) is 40.0 Å². The molecule has 3 heterocycles. The number of nitrogens with two attached hydrogens (primary N) is 1. The predicted octanol–water partition coefficient (Wildman–Crippen LogP) is 0.179. The van der Waals surface area contributed by atoms with Crippen LogP contribution in [0, 0.1) is 0 Å². The molecule has 4 amide bonds. The molecule has 0 aliphatic carbocycles. The molecule has 0 unspecified atom stereocenters. The van der Waals surface area contributed by atoms with Crippen molar-refractivity contribution >= 4 is 59.7 Å². The van der Waals surface area contributed by atoms with Gasteiger partial charge < -0.3 is 73.0 Å². The smallest absolute Gasteiger partial charge is 0.293 e. The number of amides is 4. The fraction of sp³-hybridized carbons (Fsp3) is 0.667. The summed E-state index contributed by atoms with van der Waals surface area (Å²) in [6.07, 6.45) is 6.56. The standard InChI is InChI=1S/C29H50N2O15.C16H23N5O3S/c32-26-46-24-23-45-22-21-44-20-19-43-18-17-42-16-15-41-14-13-40-12-11-39-10-9-38-8-7-37-6-5-36-4-3-30-27(33)25-31-28(34)1-2-29(31)35;1-3-5-21(24-6-4-18-2)16(22)11-7-12-10-19-15(25-23)9-13(12)20-14(17)8-11/h1-2,26H,3-25H2,(H,30,33);7,9-10,18,23H,3-6,8H2,1-2H3,(H2,17,20). The summed E-state index contributed by atoms with van der Waals surface area (Å²) >= 11 is 0.536. The van der Waals surface area contributed by atoms with E-state index in [2.05, 4.69) is 25.3 Å². The number of fused-ring (bicyclic) bond motifs is 1. The van der Waals surface area contributed by atoms with Crippen LogP contribution < -0.4 is 16.4 Å². The minimum absolute atomic E-state index is 0.227. The van der Waals surface area contributed by atoms with E-state index in [0.717, 1.165) is 23.5 Å². The third-order valence-corrected chi connectivity index (χ3v) is 9.42. The molecule has 25 nitrogen and oxygen atoms in total. The van der Waals surface area contributed by atoms with Crippen molar-refractivity contribution in [1.29, 1.82) is 0 Å². The van der Waals surface area contributed by atoms with E-state index in [4.69, 9.17) is 62.5 Å². The monoisotopic (exact) mass is 1030 g/mol. The molecule has 2 aliphatic heterocycles. The molecule has 1 aromatic rings. The van der Waals surface area contributed by atoms with Crippen molar-refractivity contribution in [3.05, 3.63) is 35.6 Å². The van der Waals surface area contributed by atoms with Crippen molar-refractivity contribution in [1.82, 2.24) is 25.6 Å². The minimum Gasteiger partial charge on any atom is -0.465 e. The number of hydroxylamine groups is 2. The lowest BCUT2D eigenvalue weighted by Crippen LogP contribution is -2.41. The van der Waals surface area contributed by atoms with E-state index in [1.54, 1.807) is 18.3 Å². The van der Waals surface area contributed by atoms with Gasteiger partial charge in [-0.05, 0) is 25.6 Å². The normalized spacial score (nSPS) is 13.0. The summed E-state index contributed by atoms with van der Waals surface area (Å²) in [6.45, 7) is 12.8. The Morgan fingerprint density at radius 3 is 1.63 bits per heavy atom. The third kappa shape index (κ3) is 31.5. The molecule has 0 atom stereocenters. The van der Waals surface area contributed by atoms with Crippen LogP contribution in [0.5, 0.6) is 0 Å². The summed E-state index contributed by atoms with van der Waals surface area (Å²) in [4.78, 5) is 72.2. The first kappa shape index (κ1) is 62.6. The molecule has 0 bridgehead atoms. The molecule has 402 valence electrons. The van der Waals surface area contributed by atoms with Gasteiger partial charge in [0, 0.05) is 67.6 Å². The first-order chi connectivity index (χ1) is 34.7. The van der Waals surface area contributed by atoms with E-state index in [1.807, 2.05) is 14.0 Å². The number of pyridine rings is 1. The summed E-state index contributed by atoms with van der Waals surface area (Å²) in [5.74, 6) is -1.32. The topological polar surface area (TPSA) is 298 Å². The van der Waals surface area contributed by atoms with Gasteiger partial charge in [0.25, 0.3) is 24.2 Å². The van der Waals surface area contributed by atoms with Crippen LogP contribution in [0.2, 0.25) is 0 Å². The van der Waals surface area contributed by atoms with Gasteiger partial charge in [-0.2, -0.15) is 0 Å². The number of likely N-dealkylation sites (N-methyl/N-ethyl adjacent to an activating group) is 1. The molecule has 5 N–H and O–H groups in total. The molecular formula is C45H73N7O18S. The maximum absolute atomic E-state index is 12.9. The maximum Gasteiger partial charge on any atom is 0.293 e. The zero-order chi connectivity index (χ0) is 51.4. The number of aromatic nitrogens is 1. The van der Waals surface area contributed by atoms with Crippen molar-refractivity contribution in [2.45, 2.75) is 24.8 Å². The average molecular weight is 1030 g/mol. The summed E-state index contributed by atoms with van der Waals surface area (Å²) < 4.78 is 67.5. The van der Waals surface area contributed by atoms with E-state index in [1.165, 1.54) is 5.06 Å². The average Bonchev–Trinajstić information content (AvgIpc) is 3.57. The number of aliphatic imine (C=N–C) groups is 1. The predicted molar refractivity (Wildman–Crippen MR) is 258 cm³/mol. The molecule has 26 heteroatoms. The fourth-order valence-electron chi connectivity index (χ4n) is 5.59. The SMILES string of the molecule is CCCN(OCCNC)C(=O)C1=Cc2cnc(SO)cc2N=C(N)C1.O=COCCOCCOCCOCCOCCOCCOCCOCCOCCOCCOCCNC(=O)CN1C(=O)C=CC1=O. The Morgan fingerprint density at radius 1 is 0.732 bits per heavy atom. The van der Waals surface area contributed by atoms with Crippen LogP contribution in [0.1, 0.15) is 25.3 Å². The van der Waals surface area contributed by atoms with Gasteiger partial charge in [-0.15, -0.1) is 0 Å². The number of amidine groups is 1. The van der Waals surface area contributed by atoms with Gasteiger partial charge in [-0.3, -0.25) is 33.7 Å². The highest BCUT2D eigenvalue weighted by Crippen LogP contribution is 2.29. The number of carbonyl (C=O) groups excluding carboxylic acids is 5. The Hall–Kier alpha value is -4.52. The molecule has 0 aromatic carbocycles. The Bertz CT molecular complexity index is 1710. The number of hydrogen-bond donors (Lipinski definition) is 4. The zero-order valence-electron chi connectivity index (χ0n) is 40.9. The third-order valence-electron chi connectivity index (χ3n) is 9.01. The van der Waals surface area contributed by atoms with Gasteiger partial charge in [0.05, 0.1) is 144 Å². The minimum atomic E-state index is -0.494. The van der Waals surface area contributed by atoms with Crippen molar-refractivity contribution in [2.75, 3.05) is 179 Å². The number of ether oxygens (including phenoxy) is 11. The van der Waals surface area contributed by atoms with E-state index in [-0.39, 0.29) is 38.6 Å². The summed E-state index contributed by atoms with van der Waals surface area (Å²) in [7, 11) is 1.82. The lowest BCUT2D eigenvalue weighted by Gasteiger charge is -2.22. The van der Waals surface area contributed by atoms with Gasteiger partial charge in [-0.25, -0.2) is 15.0 Å². The fourth-order valence-corrected chi connectivity index (χ4v) is 5.86. The number of nitrogens with one attached hydrogen (secondary N) is 2. The summed E-state index contributed by atoms with van der Waals surface area (Å²) in [5.41, 5.74) is 7.70. The van der Waals surface area contributed by atoms with Crippen molar-refractivity contribution < 1.29 is 85.5 Å². The van der Waals surface area contributed by atoms with Gasteiger partial charge >= 0.3 is 0 Å². The summed E-state index contributed by atoms with van der Waals surface area (Å²) in [5, 5.41) is 7.35. The van der Waals surface area contributed by atoms with Crippen LogP contribution >= 0.6 is 12.0 Å². The highest BCUT2D eigenvalue weighted by Gasteiger charge is 2.25. The molecule has 0 fully saturated rings. The van der Waals surface area contributed by atoms with E-state index < -0.39 is 17.7 Å². The lowest BCUT2D eigenvalue weighted by molar-refractivity contribution is -0.181. The number of hydrogen-bond acceptors (Lipinski definition) is 23. The number of imide groups is 1. The Balaban J connectivity index is 0.000000577. The second-order valence-corrected chi connectivity index (χ2v) is 15.1. The van der Waals surface area contributed by atoms with E-state index >= 15 is 0 Å². The summed E-state index contributed by atoms with van der Waals surface area (Å²) in [6, 6.07) is 1.63. The van der Waals surface area contributed by atoms with Crippen LogP contribution in [-0.4, -0.2) is 234 Å². The maximum atomic E-state index is 12.9. The van der Waals surface area contributed by atoms with Gasteiger partial charge in [0.1, 0.15) is 24.0 Å². The van der Waals surface area contributed by atoms with E-state index in [0.29, 0.717) is 191 Å². The molecular weight excluding hydrogens is 959 g/mol. The van der Waals surface area contributed by atoms with Crippen molar-refractivity contribution in [3.63, 3.8) is 0 Å². The number of carbonyl (C=O) groups is 5. The first-order valence-electron chi connectivity index (χ1n) is 23.3. The number of rotatable bonds is 44. The second kappa shape index (κ2) is 43.1. The van der Waals surface area contributed by atoms with Crippen LogP contribution in [0.4, 0.5) is 5.69 Å². The van der Waals surface area contributed by atoms with Gasteiger partial charge in [0.2, 0.25) is 5.91 Å². The Labute approximate surface area is 419 Å². The molecule has 2 aliphatic rings. The quantitative estimate of drug-likeness (QED) is 0.0223. The van der Waals surface area contributed by atoms with Crippen molar-refractivity contribution in [2.24, 2.45) is 10.7 Å². The van der Waals surface area contributed by atoms with Crippen LogP contribution in [0.3, 0.4) is 0 Å². The van der Waals surface area contributed by atoms with E-state index in [9.17, 15) is 24.0 Å². The molecule has 0 radical (unpaired) electrons.